The molecular weight excluding hydrogens is 1160 g/mol. The molecule has 5 atom stereocenters. The van der Waals surface area contributed by atoms with Crippen molar-refractivity contribution >= 4 is 0 Å². The minimum Gasteiger partial charge on any atom is -0.396 e. The third-order valence-corrected chi connectivity index (χ3v) is 14.4. The van der Waals surface area contributed by atoms with Crippen LogP contribution in [0.25, 0.3) is 0 Å². The van der Waals surface area contributed by atoms with Gasteiger partial charge in [0.05, 0.1) is 76.7 Å². The zero-order chi connectivity index (χ0) is 71.7. The van der Waals surface area contributed by atoms with Crippen molar-refractivity contribution in [2.75, 3.05) is 112 Å². The van der Waals surface area contributed by atoms with Crippen molar-refractivity contribution in [3.63, 3.8) is 0 Å². The lowest BCUT2D eigenvalue weighted by Gasteiger charge is -2.23. The number of aliphatic hydroxyl groups is 12. The van der Waals surface area contributed by atoms with Crippen molar-refractivity contribution < 1.29 is 66.0 Å². The largest absolute Gasteiger partial charge is 0.396 e. The SMILES string of the molecule is CC(C)(CN)CO.CC(C)C(N)CO.CC(C)CN.CCC(N)(CO)CO.CCC(N)CO.CCC(O)CN.NC1(CO)CCCC1.NC1CCC(O)CC1.NC1CCC1.NC1CCCCC1O.NCCCCCCO.NCCCCCO.NCCOCCO. The van der Waals surface area contributed by atoms with Gasteiger partial charge in [-0.05, 0) is 154 Å². The molecule has 26 nitrogen and oxygen atoms in total. The van der Waals surface area contributed by atoms with Gasteiger partial charge in [-0.2, -0.15) is 0 Å². The number of rotatable bonds is 26. The number of hydrogen-bond acceptors (Lipinski definition) is 26. The molecule has 0 aromatic rings. The van der Waals surface area contributed by atoms with Gasteiger partial charge in [0, 0.05) is 74.1 Å². The summed E-state index contributed by atoms with van der Waals surface area (Å²) in [5.41, 5.74) is 68.1. The molecule has 4 aliphatic rings. The van der Waals surface area contributed by atoms with Crippen molar-refractivity contribution in [1.82, 2.24) is 0 Å². The van der Waals surface area contributed by atoms with E-state index in [1.165, 1.54) is 38.5 Å². The van der Waals surface area contributed by atoms with Crippen LogP contribution in [0.1, 0.15) is 223 Å². The van der Waals surface area contributed by atoms with Crippen molar-refractivity contribution in [1.29, 1.82) is 0 Å². The second-order valence-electron chi connectivity index (χ2n) is 25.1. The third kappa shape index (κ3) is 95.7. The number of nitrogens with two attached hydrogens (primary N) is 13. The molecule has 4 saturated carbocycles. The zero-order valence-electron chi connectivity index (χ0n) is 59.3. The third-order valence-electron chi connectivity index (χ3n) is 14.4. The van der Waals surface area contributed by atoms with E-state index in [4.69, 9.17) is 141 Å². The molecule has 38 N–H and O–H groups in total. The van der Waals surface area contributed by atoms with Gasteiger partial charge in [0.15, 0.2) is 0 Å². The molecule has 90 heavy (non-hydrogen) atoms. The van der Waals surface area contributed by atoms with Crippen molar-refractivity contribution in [3.05, 3.63) is 0 Å². The second kappa shape index (κ2) is 82.2. The Kier molecular flexibility index (Phi) is 98.3. The van der Waals surface area contributed by atoms with Crippen molar-refractivity contribution in [2.45, 2.75) is 282 Å². The van der Waals surface area contributed by atoms with E-state index in [1.807, 2.05) is 48.5 Å². The van der Waals surface area contributed by atoms with E-state index in [0.29, 0.717) is 76.4 Å². The fourth-order valence-corrected chi connectivity index (χ4v) is 6.06. The minimum absolute atomic E-state index is 0.00926. The molecule has 558 valence electrons. The molecule has 4 aliphatic carbocycles. The standard InChI is InChI=1S/3C6H13NO.C6H15NO.C5H13NO2.3C5H13NO.C4H11NO2.2C4H11NO.C4H9N.C4H11N/c7-5-1-3-6(8)4-2-5;7-6(5-8)3-1-2-4-6;7-5-3-1-2-4-6(5)8;7-5-3-1-2-4-6-8;1-2-5(6,3-7)4-8;1-5(2,3-6)4-7;1-4(2)5(6)3-7;6-4-2-1-3-5-7;5-1-3-7-4-2-6;1-2-4(5)3-6;1-2-4(6)3-5;5-4-2-1-3-4;1-4(2)3-5/h5-6,8H,1-4,7H2;8H,1-5,7H2;5-6,8H,1-4,7H2;8H,1-7H2;7-8H,2-4,6H2,1H3;7H,3-4,6H2,1-2H3;4-5,7H,3,6H2,1-2H3;7H,1-6H2;6H,1-5H2;2*4,6H,2-3,5H2,1H3;4H,1-3,5H2;4H,3,5H2,1-2H3. The highest BCUT2D eigenvalue weighted by Gasteiger charge is 2.28. The monoisotopic (exact) mass is 1320 g/mol. The fourth-order valence-electron chi connectivity index (χ4n) is 6.06. The van der Waals surface area contributed by atoms with Crippen LogP contribution in [-0.2, 0) is 4.74 Å². The number of unbranched alkanes of at least 4 members (excludes halogenated alkanes) is 5. The van der Waals surface area contributed by atoms with Crippen LogP contribution in [0.2, 0.25) is 0 Å². The van der Waals surface area contributed by atoms with E-state index >= 15 is 0 Å². The van der Waals surface area contributed by atoms with Gasteiger partial charge in [0.1, 0.15) is 0 Å². The average molecular weight is 1320 g/mol. The summed E-state index contributed by atoms with van der Waals surface area (Å²) in [6, 6.07) is 0.933. The molecule has 0 spiro atoms. The predicted molar refractivity (Wildman–Crippen MR) is 377 cm³/mol. The van der Waals surface area contributed by atoms with Crippen molar-refractivity contribution in [2.24, 2.45) is 91.8 Å². The first-order chi connectivity index (χ1) is 42.4. The second-order valence-corrected chi connectivity index (χ2v) is 25.1. The Hall–Kier alpha value is -1.04. The van der Waals surface area contributed by atoms with Crippen LogP contribution in [0, 0.1) is 17.3 Å². The van der Waals surface area contributed by atoms with Gasteiger partial charge >= 0.3 is 0 Å². The lowest BCUT2D eigenvalue weighted by Crippen LogP contribution is -2.46. The van der Waals surface area contributed by atoms with Crippen LogP contribution < -0.4 is 74.5 Å². The molecule has 26 heteroatoms. The maximum Gasteiger partial charge on any atom is 0.0698 e. The summed E-state index contributed by atoms with van der Waals surface area (Å²) in [4.78, 5) is 0. The summed E-state index contributed by atoms with van der Waals surface area (Å²) in [6.45, 7) is 23.4. The molecular formula is C64H159N13O13. The Morgan fingerprint density at radius 1 is 0.533 bits per heavy atom. The van der Waals surface area contributed by atoms with E-state index in [2.05, 4.69) is 13.8 Å². The summed E-state index contributed by atoms with van der Waals surface area (Å²) in [6.07, 6.45) is 25.3. The summed E-state index contributed by atoms with van der Waals surface area (Å²) in [5, 5.41) is 102. The molecule has 0 aromatic carbocycles. The lowest BCUT2D eigenvalue weighted by molar-refractivity contribution is 0.0976. The highest BCUT2D eigenvalue weighted by Crippen LogP contribution is 2.26. The molecule has 0 radical (unpaired) electrons. The van der Waals surface area contributed by atoms with Gasteiger partial charge in [0.2, 0.25) is 0 Å². The van der Waals surface area contributed by atoms with E-state index in [1.54, 1.807) is 0 Å². The predicted octanol–water partition coefficient (Wildman–Crippen LogP) is -0.158. The average Bonchev–Trinajstić information content (AvgIpc) is 3.86. The van der Waals surface area contributed by atoms with Gasteiger partial charge < -0.3 is 141 Å². The number of hydrogen-bond donors (Lipinski definition) is 25. The molecule has 0 amide bonds. The van der Waals surface area contributed by atoms with Crippen LogP contribution in [0.4, 0.5) is 0 Å². The first kappa shape index (κ1) is 108. The summed E-state index contributed by atoms with van der Waals surface area (Å²) >= 11 is 0. The lowest BCUT2D eigenvalue weighted by atomic mass is 9.94. The van der Waals surface area contributed by atoms with Gasteiger partial charge in [-0.1, -0.05) is 107 Å². The molecule has 0 aromatic heterocycles. The summed E-state index contributed by atoms with van der Waals surface area (Å²) < 4.78 is 4.76. The van der Waals surface area contributed by atoms with Gasteiger partial charge in [-0.25, -0.2) is 0 Å². The summed E-state index contributed by atoms with van der Waals surface area (Å²) in [7, 11) is 0. The minimum atomic E-state index is -0.764. The van der Waals surface area contributed by atoms with E-state index in [-0.39, 0.29) is 93.6 Å². The van der Waals surface area contributed by atoms with Crippen LogP contribution in [-0.4, -0.2) is 233 Å². The number of ether oxygens (including phenoxy) is 1. The van der Waals surface area contributed by atoms with E-state index in [0.717, 1.165) is 135 Å². The van der Waals surface area contributed by atoms with Crippen LogP contribution in [0.3, 0.4) is 0 Å². The normalized spacial score (nSPS) is 18.8. The Morgan fingerprint density at radius 2 is 0.978 bits per heavy atom. The summed E-state index contributed by atoms with van der Waals surface area (Å²) in [5.74, 6) is 1.06. The van der Waals surface area contributed by atoms with E-state index in [9.17, 15) is 0 Å². The first-order valence-electron chi connectivity index (χ1n) is 34.0. The van der Waals surface area contributed by atoms with Crippen LogP contribution in [0.15, 0.2) is 0 Å². The highest BCUT2D eigenvalue weighted by atomic mass is 16.5. The maximum absolute atomic E-state index is 9.05. The van der Waals surface area contributed by atoms with Gasteiger partial charge in [-0.15, -0.1) is 0 Å². The fraction of sp³-hybridized carbons (Fsp3) is 1.00. The smallest absolute Gasteiger partial charge is 0.0698 e. The quantitative estimate of drug-likeness (QED) is 0.0500. The van der Waals surface area contributed by atoms with Crippen LogP contribution in [0.5, 0.6) is 0 Å². The molecule has 0 heterocycles. The Morgan fingerprint density at radius 3 is 1.16 bits per heavy atom. The Balaban J connectivity index is -0.000000113. The molecule has 4 rings (SSSR count). The Bertz CT molecular complexity index is 1170. The highest BCUT2D eigenvalue weighted by molar-refractivity contribution is 4.88. The van der Waals surface area contributed by atoms with Crippen molar-refractivity contribution in [3.8, 4) is 0 Å². The Labute approximate surface area is 550 Å². The molecule has 0 aliphatic heterocycles. The maximum atomic E-state index is 9.05. The number of aliphatic hydroxyl groups excluding tert-OH is 12. The van der Waals surface area contributed by atoms with E-state index < -0.39 is 5.54 Å². The first-order valence-corrected chi connectivity index (χ1v) is 34.0. The van der Waals surface area contributed by atoms with Crippen LogP contribution >= 0.6 is 0 Å². The molecule has 0 saturated heterocycles. The topological polar surface area (TPSA) is 590 Å². The molecule has 5 unspecified atom stereocenters. The molecule has 0 bridgehead atoms. The molecule has 4 fully saturated rings. The van der Waals surface area contributed by atoms with Gasteiger partial charge in [-0.3, -0.25) is 0 Å². The van der Waals surface area contributed by atoms with Gasteiger partial charge in [0.25, 0.3) is 0 Å². The zero-order valence-corrected chi connectivity index (χ0v) is 59.3.